The van der Waals surface area contributed by atoms with Crippen molar-refractivity contribution in [3.05, 3.63) is 35.4 Å². The lowest BCUT2D eigenvalue weighted by atomic mass is 10.1. The van der Waals surface area contributed by atoms with Gasteiger partial charge in [-0.15, -0.1) is 0 Å². The molecule has 92 valence electrons. The Balaban J connectivity index is 1.84. The first-order chi connectivity index (χ1) is 8.38. The highest BCUT2D eigenvalue weighted by atomic mass is 32.2. The van der Waals surface area contributed by atoms with Gasteiger partial charge >= 0.3 is 0 Å². The first-order valence-electron chi connectivity index (χ1n) is 5.97. The molecule has 0 unspecified atom stereocenters. The van der Waals surface area contributed by atoms with E-state index in [-0.39, 0.29) is 0 Å². The summed E-state index contributed by atoms with van der Waals surface area (Å²) in [7, 11) is 0. The Hall–Kier alpha value is -1.16. The zero-order valence-electron chi connectivity index (χ0n) is 10.2. The highest BCUT2D eigenvalue weighted by molar-refractivity contribution is 7.97. The number of hydrogen-bond donors (Lipinski definition) is 2. The van der Waals surface area contributed by atoms with Gasteiger partial charge in [0, 0.05) is 25.4 Å². The molecule has 0 atom stereocenters. The van der Waals surface area contributed by atoms with E-state index in [0.29, 0.717) is 0 Å². The Bertz CT molecular complexity index is 373. The fourth-order valence-electron chi connectivity index (χ4n) is 1.76. The molecule has 0 saturated carbocycles. The van der Waals surface area contributed by atoms with Gasteiger partial charge in [-0.2, -0.15) is 11.8 Å². The van der Waals surface area contributed by atoms with Crippen molar-refractivity contribution in [1.29, 1.82) is 0 Å². The standard InChI is InChI=1S/C13H19N3S/c1-17-10-12-5-3-11(4-6-12)9-16-13-14-7-2-8-15-13/h3-6H,2,7-10H2,1H3,(H2,14,15,16). The maximum atomic E-state index is 4.38. The van der Waals surface area contributed by atoms with Gasteiger partial charge in [-0.3, -0.25) is 4.99 Å². The summed E-state index contributed by atoms with van der Waals surface area (Å²) < 4.78 is 0. The molecular weight excluding hydrogens is 230 g/mol. The molecule has 0 aliphatic carbocycles. The maximum Gasteiger partial charge on any atom is 0.191 e. The summed E-state index contributed by atoms with van der Waals surface area (Å²) in [5.74, 6) is 2.02. The molecule has 0 fully saturated rings. The van der Waals surface area contributed by atoms with Crippen LogP contribution in [0.25, 0.3) is 0 Å². The Morgan fingerprint density at radius 2 is 2.06 bits per heavy atom. The predicted octanol–water partition coefficient (Wildman–Crippen LogP) is 1.99. The summed E-state index contributed by atoms with van der Waals surface area (Å²) in [5.41, 5.74) is 2.68. The highest BCUT2D eigenvalue weighted by Crippen LogP contribution is 2.10. The second-order valence-electron chi connectivity index (χ2n) is 4.11. The zero-order chi connectivity index (χ0) is 11.9. The molecule has 0 radical (unpaired) electrons. The van der Waals surface area contributed by atoms with Crippen molar-refractivity contribution in [1.82, 2.24) is 10.6 Å². The topological polar surface area (TPSA) is 36.4 Å². The van der Waals surface area contributed by atoms with Gasteiger partial charge < -0.3 is 10.6 Å². The van der Waals surface area contributed by atoms with Crippen LogP contribution in [0.4, 0.5) is 0 Å². The van der Waals surface area contributed by atoms with E-state index < -0.39 is 0 Å². The van der Waals surface area contributed by atoms with Crippen LogP contribution in [-0.4, -0.2) is 25.3 Å². The molecule has 4 heteroatoms. The highest BCUT2D eigenvalue weighted by Gasteiger charge is 2.02. The lowest BCUT2D eigenvalue weighted by Crippen LogP contribution is -2.40. The van der Waals surface area contributed by atoms with Crippen LogP contribution in [0, 0.1) is 0 Å². The number of rotatable bonds is 4. The van der Waals surface area contributed by atoms with Crippen LogP contribution < -0.4 is 10.6 Å². The molecule has 1 aromatic rings. The van der Waals surface area contributed by atoms with E-state index in [0.717, 1.165) is 37.8 Å². The van der Waals surface area contributed by atoms with E-state index in [1.807, 2.05) is 11.8 Å². The van der Waals surface area contributed by atoms with Gasteiger partial charge in [-0.1, -0.05) is 24.3 Å². The Morgan fingerprint density at radius 1 is 1.29 bits per heavy atom. The predicted molar refractivity (Wildman–Crippen MR) is 75.4 cm³/mol. The van der Waals surface area contributed by atoms with E-state index in [2.05, 4.69) is 46.1 Å². The molecule has 0 saturated heterocycles. The lowest BCUT2D eigenvalue weighted by molar-refractivity contribution is 0.702. The van der Waals surface area contributed by atoms with Crippen LogP contribution >= 0.6 is 11.8 Å². The SMILES string of the molecule is CSCc1ccc(CNC2=NCCCN2)cc1. The molecule has 0 bridgehead atoms. The second-order valence-corrected chi connectivity index (χ2v) is 4.98. The molecule has 1 aromatic carbocycles. The summed E-state index contributed by atoms with van der Waals surface area (Å²) in [5, 5.41) is 6.58. The first kappa shape index (κ1) is 12.3. The van der Waals surface area contributed by atoms with Crippen molar-refractivity contribution in [2.24, 2.45) is 4.99 Å². The average Bonchev–Trinajstić information content (AvgIpc) is 2.40. The quantitative estimate of drug-likeness (QED) is 0.857. The van der Waals surface area contributed by atoms with Gasteiger partial charge in [0.25, 0.3) is 0 Å². The van der Waals surface area contributed by atoms with E-state index in [1.165, 1.54) is 11.1 Å². The van der Waals surface area contributed by atoms with E-state index in [1.54, 1.807) is 0 Å². The van der Waals surface area contributed by atoms with Crippen LogP contribution in [-0.2, 0) is 12.3 Å². The van der Waals surface area contributed by atoms with Gasteiger partial charge in [0.15, 0.2) is 5.96 Å². The Kier molecular flexibility index (Phi) is 4.74. The number of benzene rings is 1. The van der Waals surface area contributed by atoms with Gasteiger partial charge in [-0.25, -0.2) is 0 Å². The molecule has 0 amide bonds. The molecule has 0 spiro atoms. The maximum absolute atomic E-state index is 4.38. The number of aliphatic imine (C=N–C) groups is 1. The number of nitrogens with zero attached hydrogens (tertiary/aromatic N) is 1. The smallest absolute Gasteiger partial charge is 0.191 e. The molecule has 2 N–H and O–H groups in total. The largest absolute Gasteiger partial charge is 0.356 e. The van der Waals surface area contributed by atoms with Crippen LogP contribution in [0.15, 0.2) is 29.3 Å². The second kappa shape index (κ2) is 6.55. The summed E-state index contributed by atoms with van der Waals surface area (Å²) in [6.45, 7) is 2.80. The zero-order valence-corrected chi connectivity index (χ0v) is 11.0. The normalized spacial score (nSPS) is 15.0. The molecule has 1 aliphatic rings. The van der Waals surface area contributed by atoms with E-state index in [9.17, 15) is 0 Å². The van der Waals surface area contributed by atoms with Crippen LogP contribution in [0.2, 0.25) is 0 Å². The minimum atomic E-state index is 0.839. The molecule has 2 rings (SSSR count). The van der Waals surface area contributed by atoms with Gasteiger partial charge in [0.05, 0.1) is 0 Å². The summed E-state index contributed by atoms with van der Waals surface area (Å²) in [4.78, 5) is 4.38. The lowest BCUT2D eigenvalue weighted by Gasteiger charge is -2.16. The first-order valence-corrected chi connectivity index (χ1v) is 7.37. The molecule has 3 nitrogen and oxygen atoms in total. The third-order valence-corrected chi connectivity index (χ3v) is 3.31. The summed E-state index contributed by atoms with van der Waals surface area (Å²) in [6, 6.07) is 8.76. The molecule has 1 aliphatic heterocycles. The van der Waals surface area contributed by atoms with Crippen molar-refractivity contribution in [2.75, 3.05) is 19.3 Å². The fraction of sp³-hybridized carbons (Fsp3) is 0.462. The van der Waals surface area contributed by atoms with Crippen LogP contribution in [0.1, 0.15) is 17.5 Å². The molecular formula is C13H19N3S. The van der Waals surface area contributed by atoms with E-state index >= 15 is 0 Å². The van der Waals surface area contributed by atoms with Crippen molar-refractivity contribution in [3.8, 4) is 0 Å². The molecule has 17 heavy (non-hydrogen) atoms. The minimum Gasteiger partial charge on any atom is -0.356 e. The number of hydrogen-bond acceptors (Lipinski definition) is 4. The van der Waals surface area contributed by atoms with Gasteiger partial charge in [0.1, 0.15) is 0 Å². The number of guanidine groups is 1. The van der Waals surface area contributed by atoms with E-state index in [4.69, 9.17) is 0 Å². The number of nitrogens with one attached hydrogen (secondary N) is 2. The van der Waals surface area contributed by atoms with Crippen LogP contribution in [0.5, 0.6) is 0 Å². The number of thioether (sulfide) groups is 1. The molecule has 1 heterocycles. The third kappa shape index (κ3) is 3.97. The van der Waals surface area contributed by atoms with Crippen molar-refractivity contribution in [2.45, 2.75) is 18.7 Å². The van der Waals surface area contributed by atoms with Crippen molar-refractivity contribution < 1.29 is 0 Å². The van der Waals surface area contributed by atoms with Crippen molar-refractivity contribution in [3.63, 3.8) is 0 Å². The minimum absolute atomic E-state index is 0.839. The van der Waals surface area contributed by atoms with Gasteiger partial charge in [0.2, 0.25) is 0 Å². The molecule has 0 aromatic heterocycles. The Morgan fingerprint density at radius 3 is 2.71 bits per heavy atom. The van der Waals surface area contributed by atoms with Crippen molar-refractivity contribution >= 4 is 17.7 Å². The van der Waals surface area contributed by atoms with Crippen LogP contribution in [0.3, 0.4) is 0 Å². The monoisotopic (exact) mass is 249 g/mol. The fourth-order valence-corrected chi connectivity index (χ4v) is 2.28. The summed E-state index contributed by atoms with van der Waals surface area (Å²) in [6.07, 6.45) is 3.26. The Labute approximate surface area is 107 Å². The average molecular weight is 249 g/mol. The van der Waals surface area contributed by atoms with Gasteiger partial charge in [-0.05, 0) is 23.8 Å². The third-order valence-electron chi connectivity index (χ3n) is 2.69. The summed E-state index contributed by atoms with van der Waals surface area (Å²) >= 11 is 1.85.